The van der Waals surface area contributed by atoms with Crippen LogP contribution in [0.5, 0.6) is 0 Å². The Bertz CT molecular complexity index is 991. The van der Waals surface area contributed by atoms with Crippen LogP contribution in [0.2, 0.25) is 0 Å². The minimum Gasteiger partial charge on any atom is -0.339 e. The first-order valence-electron chi connectivity index (χ1n) is 9.69. The zero-order valence-corrected chi connectivity index (χ0v) is 16.3. The molecular formula is C22H21N3O2S. The zero-order chi connectivity index (χ0) is 19.1. The highest BCUT2D eigenvalue weighted by molar-refractivity contribution is 7.20. The maximum Gasteiger partial charge on any atom is 0.282 e. The van der Waals surface area contributed by atoms with Gasteiger partial charge in [-0.25, -0.2) is 4.98 Å². The summed E-state index contributed by atoms with van der Waals surface area (Å²) in [6.45, 7) is 2.35. The largest absolute Gasteiger partial charge is 0.339 e. The summed E-state index contributed by atoms with van der Waals surface area (Å²) in [4.78, 5) is 33.8. The van der Waals surface area contributed by atoms with Gasteiger partial charge in [0.05, 0.1) is 10.2 Å². The van der Waals surface area contributed by atoms with E-state index in [1.165, 1.54) is 16.9 Å². The van der Waals surface area contributed by atoms with Crippen molar-refractivity contribution >= 4 is 33.4 Å². The molecule has 1 saturated heterocycles. The topological polar surface area (TPSA) is 53.5 Å². The summed E-state index contributed by atoms with van der Waals surface area (Å²) in [6, 6.07) is 18.1. The van der Waals surface area contributed by atoms with Gasteiger partial charge in [-0.15, -0.1) is 11.3 Å². The van der Waals surface area contributed by atoms with E-state index in [1.54, 1.807) is 0 Å². The van der Waals surface area contributed by atoms with Crippen LogP contribution in [0, 0.1) is 5.92 Å². The van der Waals surface area contributed by atoms with Gasteiger partial charge >= 0.3 is 0 Å². The monoisotopic (exact) mass is 391 g/mol. The van der Waals surface area contributed by atoms with Crippen LogP contribution in [0.15, 0.2) is 54.6 Å². The second kappa shape index (κ2) is 7.02. The lowest BCUT2D eigenvalue weighted by atomic mass is 10.1. The summed E-state index contributed by atoms with van der Waals surface area (Å²) in [7, 11) is 0. The Kier molecular flexibility index (Phi) is 4.36. The standard InChI is InChI=1S/C22H21N3O2S/c26-21(17-14-16(17)15-6-2-1-3-7-15)24-10-12-25(13-11-24)22(27)20-23-18-8-4-5-9-19(18)28-20/h1-9,16-17H,10-14H2/t16-,17-/m1/s1. The van der Waals surface area contributed by atoms with Crippen molar-refractivity contribution in [3.8, 4) is 0 Å². The highest BCUT2D eigenvalue weighted by Gasteiger charge is 2.46. The molecule has 2 fully saturated rings. The number of hydrogen-bond donors (Lipinski definition) is 0. The number of para-hydroxylation sites is 1. The lowest BCUT2D eigenvalue weighted by molar-refractivity contribution is -0.134. The number of fused-ring (bicyclic) bond motifs is 1. The summed E-state index contributed by atoms with van der Waals surface area (Å²) in [5.41, 5.74) is 2.12. The number of rotatable bonds is 3. The Labute approximate surface area is 167 Å². The van der Waals surface area contributed by atoms with Crippen LogP contribution in [0.25, 0.3) is 10.2 Å². The molecule has 0 N–H and O–H groups in total. The van der Waals surface area contributed by atoms with Gasteiger partial charge in [-0.05, 0) is 30.0 Å². The van der Waals surface area contributed by atoms with Gasteiger partial charge in [-0.1, -0.05) is 42.5 Å². The van der Waals surface area contributed by atoms with E-state index < -0.39 is 0 Å². The van der Waals surface area contributed by atoms with Gasteiger partial charge < -0.3 is 9.80 Å². The number of thiazole rings is 1. The van der Waals surface area contributed by atoms with Crippen LogP contribution in [0.1, 0.15) is 27.7 Å². The van der Waals surface area contributed by atoms with Gasteiger partial charge in [0.25, 0.3) is 5.91 Å². The van der Waals surface area contributed by atoms with E-state index in [1.807, 2.05) is 52.3 Å². The predicted octanol–water partition coefficient (Wildman–Crippen LogP) is 3.38. The molecule has 28 heavy (non-hydrogen) atoms. The van der Waals surface area contributed by atoms with Crippen LogP contribution >= 0.6 is 11.3 Å². The van der Waals surface area contributed by atoms with Crippen molar-refractivity contribution in [1.29, 1.82) is 0 Å². The molecule has 2 amide bonds. The Morgan fingerprint density at radius 2 is 1.57 bits per heavy atom. The van der Waals surface area contributed by atoms with Crippen molar-refractivity contribution in [3.05, 3.63) is 65.2 Å². The smallest absolute Gasteiger partial charge is 0.282 e. The molecule has 1 aliphatic heterocycles. The number of carbonyl (C=O) groups is 2. The fourth-order valence-electron chi connectivity index (χ4n) is 4.00. The Balaban J connectivity index is 1.19. The summed E-state index contributed by atoms with van der Waals surface area (Å²) in [5.74, 6) is 0.674. The van der Waals surface area contributed by atoms with E-state index in [0.717, 1.165) is 16.6 Å². The van der Waals surface area contributed by atoms with Gasteiger partial charge in [0, 0.05) is 32.1 Å². The van der Waals surface area contributed by atoms with Gasteiger partial charge in [0.2, 0.25) is 5.91 Å². The first-order chi connectivity index (χ1) is 13.7. The molecule has 0 radical (unpaired) electrons. The molecule has 1 aromatic heterocycles. The molecule has 0 spiro atoms. The molecule has 2 atom stereocenters. The van der Waals surface area contributed by atoms with E-state index in [2.05, 4.69) is 17.1 Å². The predicted molar refractivity (Wildman–Crippen MR) is 109 cm³/mol. The highest BCUT2D eigenvalue weighted by atomic mass is 32.1. The molecule has 6 heteroatoms. The van der Waals surface area contributed by atoms with Crippen LogP contribution < -0.4 is 0 Å². The van der Waals surface area contributed by atoms with Crippen molar-refractivity contribution in [2.75, 3.05) is 26.2 Å². The van der Waals surface area contributed by atoms with E-state index in [9.17, 15) is 9.59 Å². The highest BCUT2D eigenvalue weighted by Crippen LogP contribution is 2.48. The van der Waals surface area contributed by atoms with Crippen LogP contribution in [0.4, 0.5) is 0 Å². The maximum absolute atomic E-state index is 12.8. The third kappa shape index (κ3) is 3.18. The molecule has 0 unspecified atom stereocenters. The third-order valence-electron chi connectivity index (χ3n) is 5.69. The van der Waals surface area contributed by atoms with E-state index >= 15 is 0 Å². The summed E-state index contributed by atoms with van der Waals surface area (Å²) >= 11 is 1.44. The number of carbonyl (C=O) groups excluding carboxylic acids is 2. The molecule has 142 valence electrons. The van der Waals surface area contributed by atoms with Gasteiger partial charge in [0.1, 0.15) is 0 Å². The first kappa shape index (κ1) is 17.4. The molecule has 3 aromatic rings. The second-order valence-corrected chi connectivity index (χ2v) is 8.49. The Morgan fingerprint density at radius 1 is 0.893 bits per heavy atom. The van der Waals surface area contributed by atoms with Gasteiger partial charge in [-0.2, -0.15) is 0 Å². The number of benzene rings is 2. The molecule has 2 aliphatic rings. The Hall–Kier alpha value is -2.73. The number of piperazine rings is 1. The van der Waals surface area contributed by atoms with E-state index in [4.69, 9.17) is 0 Å². The molecule has 1 saturated carbocycles. The van der Waals surface area contributed by atoms with Crippen LogP contribution in [-0.4, -0.2) is 52.8 Å². The average Bonchev–Trinajstić information content (AvgIpc) is 3.44. The number of aromatic nitrogens is 1. The van der Waals surface area contributed by atoms with Crippen LogP contribution in [0.3, 0.4) is 0 Å². The summed E-state index contributed by atoms with van der Waals surface area (Å²) in [6.07, 6.45) is 0.938. The molecule has 2 heterocycles. The van der Waals surface area contributed by atoms with Crippen LogP contribution in [-0.2, 0) is 4.79 Å². The Morgan fingerprint density at radius 3 is 2.32 bits per heavy atom. The molecule has 2 aromatic carbocycles. The van der Waals surface area contributed by atoms with Crippen molar-refractivity contribution in [3.63, 3.8) is 0 Å². The van der Waals surface area contributed by atoms with Crippen molar-refractivity contribution in [2.45, 2.75) is 12.3 Å². The number of nitrogens with zero attached hydrogens (tertiary/aromatic N) is 3. The molecular weight excluding hydrogens is 370 g/mol. The minimum absolute atomic E-state index is 0.0260. The van der Waals surface area contributed by atoms with Gasteiger partial charge in [0.15, 0.2) is 5.01 Å². The molecule has 5 rings (SSSR count). The minimum atomic E-state index is -0.0260. The fourth-order valence-corrected chi connectivity index (χ4v) is 4.93. The first-order valence-corrected chi connectivity index (χ1v) is 10.5. The lowest BCUT2D eigenvalue weighted by Crippen LogP contribution is -2.51. The summed E-state index contributed by atoms with van der Waals surface area (Å²) < 4.78 is 1.03. The quantitative estimate of drug-likeness (QED) is 0.688. The molecule has 5 nitrogen and oxygen atoms in total. The van der Waals surface area contributed by atoms with Crippen molar-refractivity contribution in [1.82, 2.24) is 14.8 Å². The summed E-state index contributed by atoms with van der Waals surface area (Å²) in [5, 5.41) is 0.535. The fraction of sp³-hybridized carbons (Fsp3) is 0.318. The number of amides is 2. The normalized spacial score (nSPS) is 21.7. The maximum atomic E-state index is 12.8. The van der Waals surface area contributed by atoms with E-state index in [0.29, 0.717) is 37.1 Å². The second-order valence-electron chi connectivity index (χ2n) is 7.46. The average molecular weight is 391 g/mol. The molecule has 0 bridgehead atoms. The van der Waals surface area contributed by atoms with Crippen molar-refractivity contribution in [2.24, 2.45) is 5.92 Å². The van der Waals surface area contributed by atoms with Crippen molar-refractivity contribution < 1.29 is 9.59 Å². The lowest BCUT2D eigenvalue weighted by Gasteiger charge is -2.34. The molecule has 1 aliphatic carbocycles. The zero-order valence-electron chi connectivity index (χ0n) is 15.5. The van der Waals surface area contributed by atoms with Gasteiger partial charge in [-0.3, -0.25) is 9.59 Å². The SMILES string of the molecule is O=C(c1nc2ccccc2s1)N1CCN(C(=O)[C@@H]2C[C@@H]2c2ccccc2)CC1. The number of hydrogen-bond acceptors (Lipinski definition) is 4. The van der Waals surface area contributed by atoms with E-state index in [-0.39, 0.29) is 17.7 Å². The third-order valence-corrected chi connectivity index (χ3v) is 6.72.